The predicted octanol–water partition coefficient (Wildman–Crippen LogP) is 3.62. The van der Waals surface area contributed by atoms with E-state index in [-0.39, 0.29) is 11.6 Å². The standard InChI is InChI=1S/C12H18ClNOS/c1-3-14-11(9-5-6-10(13)16-9)12(15-2)7-4-8-12/h5-6,11,14H,3-4,7-8H2,1-2H3. The van der Waals surface area contributed by atoms with E-state index in [4.69, 9.17) is 16.3 Å². The van der Waals surface area contributed by atoms with Crippen molar-refractivity contribution in [3.63, 3.8) is 0 Å². The molecule has 0 saturated heterocycles. The number of halogens is 1. The Labute approximate surface area is 106 Å². The fourth-order valence-corrected chi connectivity index (χ4v) is 3.61. The number of nitrogens with one attached hydrogen (secondary N) is 1. The van der Waals surface area contributed by atoms with E-state index < -0.39 is 0 Å². The summed E-state index contributed by atoms with van der Waals surface area (Å²) < 4.78 is 6.60. The highest BCUT2D eigenvalue weighted by Crippen LogP contribution is 2.46. The molecule has 1 saturated carbocycles. The highest BCUT2D eigenvalue weighted by molar-refractivity contribution is 7.16. The van der Waals surface area contributed by atoms with Crippen LogP contribution in [-0.4, -0.2) is 19.3 Å². The van der Waals surface area contributed by atoms with Gasteiger partial charge in [-0.15, -0.1) is 11.3 Å². The first-order valence-electron chi connectivity index (χ1n) is 5.75. The van der Waals surface area contributed by atoms with Gasteiger partial charge in [-0.3, -0.25) is 0 Å². The van der Waals surface area contributed by atoms with E-state index in [1.54, 1.807) is 11.3 Å². The minimum atomic E-state index is -0.00973. The van der Waals surface area contributed by atoms with Crippen LogP contribution in [0.5, 0.6) is 0 Å². The SMILES string of the molecule is CCNC(c1ccc(Cl)s1)C1(OC)CCC1. The van der Waals surface area contributed by atoms with Gasteiger partial charge < -0.3 is 10.1 Å². The molecule has 1 aliphatic rings. The van der Waals surface area contributed by atoms with Crippen molar-refractivity contribution in [3.8, 4) is 0 Å². The number of ether oxygens (including phenoxy) is 1. The molecule has 1 aromatic heterocycles. The second kappa shape index (κ2) is 5.05. The normalized spacial score (nSPS) is 20.4. The molecule has 0 amide bonds. The molecule has 1 aromatic rings. The first kappa shape index (κ1) is 12.4. The van der Waals surface area contributed by atoms with Crippen molar-refractivity contribution in [2.24, 2.45) is 0 Å². The Hall–Kier alpha value is -0.0900. The molecule has 4 heteroatoms. The third-order valence-corrected chi connectivity index (χ3v) is 4.72. The van der Waals surface area contributed by atoms with Gasteiger partial charge in [0.15, 0.2) is 0 Å². The largest absolute Gasteiger partial charge is 0.376 e. The van der Waals surface area contributed by atoms with Crippen molar-refractivity contribution in [3.05, 3.63) is 21.3 Å². The van der Waals surface area contributed by atoms with E-state index in [0.717, 1.165) is 23.7 Å². The summed E-state index contributed by atoms with van der Waals surface area (Å²) in [7, 11) is 1.82. The Bertz CT molecular complexity index is 343. The summed E-state index contributed by atoms with van der Waals surface area (Å²) in [6, 6.07) is 4.36. The van der Waals surface area contributed by atoms with Gasteiger partial charge in [-0.1, -0.05) is 18.5 Å². The molecular weight excluding hydrogens is 242 g/mol. The zero-order valence-corrected chi connectivity index (χ0v) is 11.3. The molecule has 0 aromatic carbocycles. The fourth-order valence-electron chi connectivity index (χ4n) is 2.37. The van der Waals surface area contributed by atoms with Crippen LogP contribution >= 0.6 is 22.9 Å². The first-order valence-corrected chi connectivity index (χ1v) is 6.95. The Kier molecular flexibility index (Phi) is 3.90. The maximum absolute atomic E-state index is 6.01. The van der Waals surface area contributed by atoms with Gasteiger partial charge in [0, 0.05) is 12.0 Å². The highest BCUT2D eigenvalue weighted by atomic mass is 35.5. The highest BCUT2D eigenvalue weighted by Gasteiger charge is 2.45. The van der Waals surface area contributed by atoms with Gasteiger partial charge in [-0.25, -0.2) is 0 Å². The average Bonchev–Trinajstić information content (AvgIpc) is 2.62. The average molecular weight is 260 g/mol. The number of methoxy groups -OCH3 is 1. The fraction of sp³-hybridized carbons (Fsp3) is 0.667. The Morgan fingerprint density at radius 3 is 2.69 bits per heavy atom. The molecule has 1 fully saturated rings. The van der Waals surface area contributed by atoms with Crippen LogP contribution in [0.15, 0.2) is 12.1 Å². The van der Waals surface area contributed by atoms with Gasteiger partial charge in [0.1, 0.15) is 0 Å². The van der Waals surface area contributed by atoms with Crippen LogP contribution in [0.25, 0.3) is 0 Å². The summed E-state index contributed by atoms with van der Waals surface area (Å²) in [5, 5.41) is 3.53. The van der Waals surface area contributed by atoms with E-state index in [1.807, 2.05) is 13.2 Å². The second-order valence-electron chi connectivity index (χ2n) is 4.26. The maximum Gasteiger partial charge on any atom is 0.0931 e. The van der Waals surface area contributed by atoms with Gasteiger partial charge in [0.25, 0.3) is 0 Å². The smallest absolute Gasteiger partial charge is 0.0931 e. The summed E-state index contributed by atoms with van der Waals surface area (Å²) in [6.07, 6.45) is 3.53. The van der Waals surface area contributed by atoms with Crippen LogP contribution in [-0.2, 0) is 4.74 Å². The lowest BCUT2D eigenvalue weighted by molar-refractivity contribution is -0.0987. The lowest BCUT2D eigenvalue weighted by atomic mass is 9.74. The van der Waals surface area contributed by atoms with E-state index in [9.17, 15) is 0 Å². The van der Waals surface area contributed by atoms with Crippen LogP contribution in [0.2, 0.25) is 4.34 Å². The van der Waals surface area contributed by atoms with Crippen molar-refractivity contribution in [1.29, 1.82) is 0 Å². The Morgan fingerprint density at radius 2 is 2.31 bits per heavy atom. The van der Waals surface area contributed by atoms with Crippen molar-refractivity contribution in [2.75, 3.05) is 13.7 Å². The van der Waals surface area contributed by atoms with E-state index in [2.05, 4.69) is 18.3 Å². The van der Waals surface area contributed by atoms with Crippen LogP contribution in [0.3, 0.4) is 0 Å². The van der Waals surface area contributed by atoms with Crippen molar-refractivity contribution in [2.45, 2.75) is 37.8 Å². The number of rotatable bonds is 5. The lowest BCUT2D eigenvalue weighted by Crippen LogP contribution is -2.50. The molecule has 1 N–H and O–H groups in total. The third-order valence-electron chi connectivity index (χ3n) is 3.42. The molecule has 1 unspecified atom stereocenters. The molecule has 1 aliphatic carbocycles. The molecule has 2 rings (SSSR count). The van der Waals surface area contributed by atoms with E-state index in [1.165, 1.54) is 11.3 Å². The second-order valence-corrected chi connectivity index (χ2v) is 6.00. The van der Waals surface area contributed by atoms with E-state index >= 15 is 0 Å². The number of likely N-dealkylation sites (N-methyl/N-ethyl adjacent to an activating group) is 1. The molecule has 0 spiro atoms. The Balaban J connectivity index is 2.22. The zero-order valence-electron chi connectivity index (χ0n) is 9.75. The van der Waals surface area contributed by atoms with Crippen molar-refractivity contribution < 1.29 is 4.74 Å². The molecule has 1 atom stereocenters. The van der Waals surface area contributed by atoms with Gasteiger partial charge in [0.2, 0.25) is 0 Å². The summed E-state index contributed by atoms with van der Waals surface area (Å²) in [4.78, 5) is 1.29. The minimum Gasteiger partial charge on any atom is -0.376 e. The minimum absolute atomic E-state index is 0.00973. The third kappa shape index (κ3) is 2.14. The molecule has 2 nitrogen and oxygen atoms in total. The summed E-state index contributed by atoms with van der Waals surface area (Å²) in [5.74, 6) is 0. The number of hydrogen-bond donors (Lipinski definition) is 1. The van der Waals surface area contributed by atoms with Gasteiger partial charge in [-0.2, -0.15) is 0 Å². The van der Waals surface area contributed by atoms with Crippen molar-refractivity contribution in [1.82, 2.24) is 5.32 Å². The van der Waals surface area contributed by atoms with Crippen LogP contribution in [0, 0.1) is 0 Å². The number of hydrogen-bond acceptors (Lipinski definition) is 3. The molecule has 0 aliphatic heterocycles. The van der Waals surface area contributed by atoms with Gasteiger partial charge in [0.05, 0.1) is 16.0 Å². The van der Waals surface area contributed by atoms with Crippen LogP contribution in [0.4, 0.5) is 0 Å². The summed E-state index contributed by atoms with van der Waals surface area (Å²) >= 11 is 7.66. The van der Waals surface area contributed by atoms with Gasteiger partial charge in [-0.05, 0) is 37.9 Å². The Morgan fingerprint density at radius 1 is 1.56 bits per heavy atom. The predicted molar refractivity (Wildman–Crippen MR) is 69.3 cm³/mol. The molecular formula is C12H18ClNOS. The van der Waals surface area contributed by atoms with Crippen LogP contribution < -0.4 is 5.32 Å². The molecule has 1 heterocycles. The quantitative estimate of drug-likeness (QED) is 0.872. The van der Waals surface area contributed by atoms with E-state index in [0.29, 0.717) is 0 Å². The summed E-state index contributed by atoms with van der Waals surface area (Å²) in [6.45, 7) is 3.08. The summed E-state index contributed by atoms with van der Waals surface area (Å²) in [5.41, 5.74) is -0.00973. The van der Waals surface area contributed by atoms with Crippen molar-refractivity contribution >= 4 is 22.9 Å². The monoisotopic (exact) mass is 259 g/mol. The lowest BCUT2D eigenvalue weighted by Gasteiger charge is -2.46. The maximum atomic E-state index is 6.01. The topological polar surface area (TPSA) is 21.3 Å². The number of thiophene rings is 1. The molecule has 90 valence electrons. The zero-order chi connectivity index (χ0) is 11.6. The molecule has 16 heavy (non-hydrogen) atoms. The van der Waals surface area contributed by atoms with Gasteiger partial charge >= 0.3 is 0 Å². The molecule has 0 bridgehead atoms. The van der Waals surface area contributed by atoms with Crippen LogP contribution in [0.1, 0.15) is 37.1 Å². The first-order chi connectivity index (χ1) is 7.72. The molecule has 0 radical (unpaired) electrons.